The molecule has 1 rings (SSSR count). The summed E-state index contributed by atoms with van der Waals surface area (Å²) in [6, 6.07) is 3.38. The van der Waals surface area contributed by atoms with Crippen molar-refractivity contribution in [2.75, 3.05) is 5.32 Å². The quantitative estimate of drug-likeness (QED) is 0.574. The summed E-state index contributed by atoms with van der Waals surface area (Å²) in [5, 5.41) is 1.48. The lowest BCUT2D eigenvalue weighted by Crippen LogP contribution is -2.00. The van der Waals surface area contributed by atoms with Gasteiger partial charge in [-0.25, -0.2) is 0 Å². The van der Waals surface area contributed by atoms with Crippen LogP contribution in [0, 0.1) is 0 Å². The molecule has 0 saturated heterocycles. The van der Waals surface area contributed by atoms with Crippen molar-refractivity contribution >= 4 is 41.4 Å². The summed E-state index contributed by atoms with van der Waals surface area (Å²) in [6.45, 7) is 0. The molecular weight excluding hydrogens is 234 g/mol. The Balaban J connectivity index is 0. The highest BCUT2D eigenvalue weighted by Gasteiger charge is 1.91. The van der Waals surface area contributed by atoms with Gasteiger partial charge in [0.15, 0.2) is 0 Å². The molecule has 0 aliphatic heterocycles. The summed E-state index contributed by atoms with van der Waals surface area (Å²) in [7, 11) is 0. The summed E-state index contributed by atoms with van der Waals surface area (Å²) in [6.07, 6.45) is 3.19. The lowest BCUT2D eigenvalue weighted by Gasteiger charge is -1.97. The van der Waals surface area contributed by atoms with Crippen LogP contribution in [0.5, 0.6) is 0 Å². The minimum absolute atomic E-state index is 0. The van der Waals surface area contributed by atoms with Crippen LogP contribution in [0.4, 0.5) is 15.3 Å². The Kier molecular flexibility index (Phi) is 10.1. The molecule has 1 aromatic heterocycles. The van der Waals surface area contributed by atoms with Crippen LogP contribution in [0.15, 0.2) is 24.5 Å². The Morgan fingerprint density at radius 3 is 2.00 bits per heavy atom. The van der Waals surface area contributed by atoms with E-state index in [1.165, 1.54) is 0 Å². The number of primary amides is 1. The van der Waals surface area contributed by atoms with E-state index in [0.29, 0.717) is 5.69 Å². The molecule has 0 spiro atoms. The predicted octanol–water partition coefficient (Wildman–Crippen LogP) is 2.17. The van der Waals surface area contributed by atoms with Gasteiger partial charge >= 0.3 is 0 Å². The average Bonchev–Trinajstić information content (AvgIpc) is 2.03. The molecule has 15 heavy (non-hydrogen) atoms. The number of amides is 2. The van der Waals surface area contributed by atoms with Crippen molar-refractivity contribution in [3.63, 3.8) is 0 Å². The van der Waals surface area contributed by atoms with Gasteiger partial charge in [-0.1, -0.05) is 32.7 Å². The number of carbonyl (C=O) groups excluding carboxylic acids is 2. The minimum atomic E-state index is -0.639. The van der Waals surface area contributed by atoms with Gasteiger partial charge in [0, 0.05) is 18.1 Å². The summed E-state index contributed by atoms with van der Waals surface area (Å²) in [5.41, 5.74) is 5.04. The molecule has 1 heterocycles. The molecule has 3 N–H and O–H groups in total. The normalized spacial score (nSPS) is 7.60. The number of hydrogen-bond donors (Lipinski definition) is 4. The molecule has 0 radical (unpaired) electrons. The van der Waals surface area contributed by atoms with Crippen LogP contribution in [-0.2, 0) is 0 Å². The summed E-state index contributed by atoms with van der Waals surface area (Å²) >= 11 is 6.64. The highest BCUT2D eigenvalue weighted by molar-refractivity contribution is 7.97. The van der Waals surface area contributed by atoms with Crippen LogP contribution in [0.3, 0.4) is 0 Å². The first-order chi connectivity index (χ1) is 6.52. The number of rotatable bonds is 1. The first-order valence-corrected chi connectivity index (χ1v) is 4.30. The maximum atomic E-state index is 10.3. The molecule has 84 valence electrons. The van der Waals surface area contributed by atoms with E-state index in [4.69, 9.17) is 4.79 Å². The zero-order chi connectivity index (χ0) is 11.0. The van der Waals surface area contributed by atoms with E-state index in [-0.39, 0.29) is 12.7 Å². The number of nitrogens with one attached hydrogen (secondary N) is 1. The fourth-order valence-electron chi connectivity index (χ4n) is 0.559. The van der Waals surface area contributed by atoms with Crippen LogP contribution in [0.1, 0.15) is 7.43 Å². The smallest absolute Gasteiger partial charge is 0.280 e. The third kappa shape index (κ3) is 12.8. The fraction of sp³-hybridized carbons (Fsp3) is 0.125. The van der Waals surface area contributed by atoms with Gasteiger partial charge < -0.3 is 11.1 Å². The molecule has 0 unspecified atom stereocenters. The van der Waals surface area contributed by atoms with E-state index in [0.717, 1.165) is 0 Å². The highest BCUT2D eigenvalue weighted by Crippen LogP contribution is 2.03. The molecule has 2 amide bonds. The zero-order valence-electron chi connectivity index (χ0n) is 7.04. The molecule has 0 aliphatic rings. The number of anilines is 1. The highest BCUT2D eigenvalue weighted by atomic mass is 32.1. The number of hydrogen-bond acceptors (Lipinski definition) is 3. The van der Waals surface area contributed by atoms with Crippen molar-refractivity contribution in [2.45, 2.75) is 7.43 Å². The van der Waals surface area contributed by atoms with Gasteiger partial charge in [-0.05, 0) is 12.1 Å². The number of thiol groups is 2. The largest absolute Gasteiger partial charge is 0.361 e. The van der Waals surface area contributed by atoms with Crippen LogP contribution in [0.2, 0.25) is 0 Å². The van der Waals surface area contributed by atoms with Crippen LogP contribution in [0.25, 0.3) is 0 Å². The van der Waals surface area contributed by atoms with Crippen molar-refractivity contribution in [1.82, 2.24) is 4.98 Å². The van der Waals surface area contributed by atoms with E-state index < -0.39 is 5.24 Å². The van der Waals surface area contributed by atoms with E-state index in [9.17, 15) is 4.79 Å². The standard InChI is InChI=1S/C6H6N2OS.CH3NOS.CH4/c9-6(10)8-5-1-3-7-4-2-5;2-1(3)4;/h1-4H,(H2,7,8,9,10);(H3,2,3,4);1H4. The van der Waals surface area contributed by atoms with Crippen molar-refractivity contribution in [3.05, 3.63) is 24.5 Å². The fourth-order valence-corrected chi connectivity index (χ4v) is 0.688. The van der Waals surface area contributed by atoms with Crippen LogP contribution < -0.4 is 11.1 Å². The average molecular weight is 247 g/mol. The number of nitrogens with two attached hydrogens (primary N) is 1. The van der Waals surface area contributed by atoms with Gasteiger partial charge in [0.05, 0.1) is 0 Å². The summed E-state index contributed by atoms with van der Waals surface area (Å²) in [4.78, 5) is 23.2. The monoisotopic (exact) mass is 247 g/mol. The van der Waals surface area contributed by atoms with Crippen molar-refractivity contribution in [3.8, 4) is 0 Å². The lowest BCUT2D eigenvalue weighted by atomic mass is 10.4. The summed E-state index contributed by atoms with van der Waals surface area (Å²) < 4.78 is 0. The van der Waals surface area contributed by atoms with Crippen molar-refractivity contribution in [1.29, 1.82) is 0 Å². The van der Waals surface area contributed by atoms with Gasteiger partial charge in [-0.2, -0.15) is 0 Å². The minimum Gasteiger partial charge on any atom is -0.361 e. The molecule has 0 aromatic carbocycles. The molecule has 7 heteroatoms. The number of carbonyl (C=O) groups is 2. The lowest BCUT2D eigenvalue weighted by molar-refractivity contribution is 0.267. The maximum Gasteiger partial charge on any atom is 0.280 e. The van der Waals surface area contributed by atoms with Gasteiger partial charge in [0.1, 0.15) is 0 Å². The van der Waals surface area contributed by atoms with E-state index in [2.05, 4.69) is 41.3 Å². The predicted molar refractivity (Wildman–Crippen MR) is 67.5 cm³/mol. The number of nitrogens with zero attached hydrogens (tertiary/aromatic N) is 1. The van der Waals surface area contributed by atoms with Crippen LogP contribution >= 0.6 is 25.3 Å². The van der Waals surface area contributed by atoms with Gasteiger partial charge in [0.2, 0.25) is 0 Å². The van der Waals surface area contributed by atoms with Crippen molar-refractivity contribution in [2.24, 2.45) is 5.73 Å². The van der Waals surface area contributed by atoms with Gasteiger partial charge in [-0.3, -0.25) is 14.6 Å². The van der Waals surface area contributed by atoms with Gasteiger partial charge in [0.25, 0.3) is 10.5 Å². The summed E-state index contributed by atoms with van der Waals surface area (Å²) in [5.74, 6) is 0. The number of pyridine rings is 1. The Morgan fingerprint density at radius 1 is 1.27 bits per heavy atom. The third-order valence-corrected chi connectivity index (χ3v) is 1.04. The molecule has 0 aliphatic carbocycles. The molecule has 0 bridgehead atoms. The van der Waals surface area contributed by atoms with E-state index in [1.54, 1.807) is 24.5 Å². The Labute approximate surface area is 99.3 Å². The molecule has 0 saturated carbocycles. The molecule has 0 fully saturated rings. The topological polar surface area (TPSA) is 85.1 Å². The van der Waals surface area contributed by atoms with Crippen molar-refractivity contribution < 1.29 is 9.59 Å². The van der Waals surface area contributed by atoms with E-state index in [1.807, 2.05) is 0 Å². The Bertz CT molecular complexity index is 302. The van der Waals surface area contributed by atoms with E-state index >= 15 is 0 Å². The first-order valence-electron chi connectivity index (χ1n) is 3.40. The van der Waals surface area contributed by atoms with Gasteiger partial charge in [-0.15, -0.1) is 0 Å². The molecule has 0 atom stereocenters. The molecule has 5 nitrogen and oxygen atoms in total. The zero-order valence-corrected chi connectivity index (χ0v) is 8.83. The SMILES string of the molecule is C.NC(=O)S.O=C(S)Nc1ccncc1. The van der Waals surface area contributed by atoms with Crippen LogP contribution in [-0.4, -0.2) is 15.5 Å². The third-order valence-electron chi connectivity index (χ3n) is 0.932. The Hall–Kier alpha value is -1.21. The molecular formula is C8H13N3O2S2. The number of aromatic nitrogens is 1. The first kappa shape index (κ1) is 16.2. The Morgan fingerprint density at radius 2 is 1.67 bits per heavy atom. The second-order valence-corrected chi connectivity index (χ2v) is 2.85. The second-order valence-electron chi connectivity index (χ2n) is 2.00. The maximum absolute atomic E-state index is 10.3. The molecule has 1 aromatic rings. The second kappa shape index (κ2) is 9.35.